The maximum absolute atomic E-state index is 13.0. The Kier molecular flexibility index (Phi) is 9.83. The van der Waals surface area contributed by atoms with Crippen LogP contribution in [0.4, 0.5) is 0 Å². The molecule has 0 spiro atoms. The van der Waals surface area contributed by atoms with Crippen LogP contribution in [-0.2, 0) is 14.3 Å². The van der Waals surface area contributed by atoms with Gasteiger partial charge in [-0.3, -0.25) is 4.79 Å². The van der Waals surface area contributed by atoms with Gasteiger partial charge in [-0.05, 0) is 84.9 Å². The number of aliphatic hydroxyl groups excluding tert-OH is 8. The number of carboxylic acid groups (broad SMARTS) is 1. The van der Waals surface area contributed by atoms with E-state index in [2.05, 4.69) is 33.8 Å². The van der Waals surface area contributed by atoms with Crippen LogP contribution in [0, 0.1) is 56.7 Å². The summed E-state index contributed by atoms with van der Waals surface area (Å²) in [5.74, 6) is -2.40. The zero-order valence-electron chi connectivity index (χ0n) is 29.1. The molecular formula is C36H58O12. The van der Waals surface area contributed by atoms with Crippen LogP contribution in [-0.4, -0.2) is 114 Å². The fraction of sp³-hybridized carbons (Fsp3) is 0.889. The zero-order valence-corrected chi connectivity index (χ0v) is 29.1. The molecule has 0 amide bonds. The molecule has 48 heavy (non-hydrogen) atoms. The Labute approximate surface area is 282 Å². The fourth-order valence-corrected chi connectivity index (χ4v) is 12.1. The van der Waals surface area contributed by atoms with Crippen LogP contribution in [0.25, 0.3) is 0 Å². The molecule has 12 heteroatoms. The molecule has 5 aliphatic carbocycles. The largest absolute Gasteiger partial charge is 0.481 e. The average molecular weight is 683 g/mol. The minimum absolute atomic E-state index is 0.0829. The predicted octanol–water partition coefficient (Wildman–Crippen LogP) is 0.990. The number of fused-ring (bicyclic) bond motifs is 7. The molecular weight excluding hydrogens is 624 g/mol. The van der Waals surface area contributed by atoms with Crippen molar-refractivity contribution in [2.24, 2.45) is 56.7 Å². The molecule has 274 valence electrons. The second-order valence-electron chi connectivity index (χ2n) is 17.3. The van der Waals surface area contributed by atoms with E-state index in [0.29, 0.717) is 38.0 Å². The Morgan fingerprint density at radius 3 is 2.19 bits per heavy atom. The molecule has 4 saturated carbocycles. The average Bonchev–Trinajstić information content (AvgIpc) is 3.02. The number of hydrogen-bond acceptors (Lipinski definition) is 11. The second-order valence-corrected chi connectivity index (χ2v) is 17.3. The number of carbonyl (C=O) groups is 2. The summed E-state index contributed by atoms with van der Waals surface area (Å²) in [4.78, 5) is 25.8. The third kappa shape index (κ3) is 5.14. The third-order valence-electron chi connectivity index (χ3n) is 15.1. The molecule has 0 aromatic heterocycles. The van der Waals surface area contributed by atoms with Gasteiger partial charge < -0.3 is 50.7 Å². The lowest BCUT2D eigenvalue weighted by atomic mass is 9.32. The summed E-state index contributed by atoms with van der Waals surface area (Å²) in [7, 11) is 0. The van der Waals surface area contributed by atoms with Crippen molar-refractivity contribution in [1.29, 1.82) is 0 Å². The molecule has 4 fully saturated rings. The van der Waals surface area contributed by atoms with E-state index in [0.717, 1.165) is 6.42 Å². The molecule has 17 atom stereocenters. The van der Waals surface area contributed by atoms with Crippen LogP contribution in [0.15, 0.2) is 11.6 Å². The maximum Gasteiger partial charge on any atom is 0.337 e. The quantitative estimate of drug-likeness (QED) is 0.129. The number of carboxylic acids is 1. The van der Waals surface area contributed by atoms with E-state index < -0.39 is 101 Å². The van der Waals surface area contributed by atoms with Crippen molar-refractivity contribution >= 4 is 11.9 Å². The number of allylic oxidation sites excluding steroid dienone is 2. The Morgan fingerprint density at radius 1 is 0.938 bits per heavy atom. The van der Waals surface area contributed by atoms with Crippen molar-refractivity contribution in [2.75, 3.05) is 13.2 Å². The summed E-state index contributed by atoms with van der Waals surface area (Å²) in [6, 6.07) is 0. The van der Waals surface area contributed by atoms with Gasteiger partial charge in [-0.15, -0.1) is 0 Å². The van der Waals surface area contributed by atoms with Crippen LogP contribution in [0.2, 0.25) is 0 Å². The SMILES string of the molecule is CC1CCC2(C(=O)O)CCC3(C)C(=CCC4C5(C)CC(O)C(O)C(C)(COC(=O)C(O)C(O)C(O)C(O)CO)C5C(O)CC43C)C2C1C. The van der Waals surface area contributed by atoms with Crippen LogP contribution in [0.5, 0.6) is 0 Å². The molecule has 5 rings (SSSR count). The van der Waals surface area contributed by atoms with Gasteiger partial charge in [0.05, 0.1) is 36.9 Å². The summed E-state index contributed by atoms with van der Waals surface area (Å²) in [5, 5.41) is 94.9. The molecule has 5 aliphatic rings. The first kappa shape index (κ1) is 37.6. The monoisotopic (exact) mass is 682 g/mol. The summed E-state index contributed by atoms with van der Waals surface area (Å²) in [5.41, 5.74) is -2.71. The number of rotatable bonds is 8. The first-order chi connectivity index (χ1) is 22.2. The van der Waals surface area contributed by atoms with Gasteiger partial charge in [-0.1, -0.05) is 53.2 Å². The van der Waals surface area contributed by atoms with Crippen molar-refractivity contribution in [2.45, 2.75) is 129 Å². The predicted molar refractivity (Wildman–Crippen MR) is 172 cm³/mol. The lowest BCUT2D eigenvalue weighted by Crippen LogP contribution is -2.71. The standard InChI is InChI=1S/C36H58O12/c1-17-9-10-36(31(46)47)12-11-34(5)19(24(36)18(17)2)7-8-23-32(3)13-21(39)29(44)33(4,28(32)20(38)14-35(23,34)6)16-48-30(45)27(43)26(42)25(41)22(40)15-37/h7,17-18,20-29,37-44H,8-16H2,1-6H3,(H,46,47). The Bertz CT molecular complexity index is 1290. The van der Waals surface area contributed by atoms with Gasteiger partial charge in [0.25, 0.3) is 0 Å². The van der Waals surface area contributed by atoms with Gasteiger partial charge in [0.15, 0.2) is 6.10 Å². The van der Waals surface area contributed by atoms with Gasteiger partial charge in [0, 0.05) is 11.3 Å². The Balaban J connectivity index is 1.49. The van der Waals surface area contributed by atoms with Crippen molar-refractivity contribution < 1.29 is 60.3 Å². The van der Waals surface area contributed by atoms with Crippen LogP contribution in [0.1, 0.15) is 86.5 Å². The van der Waals surface area contributed by atoms with Gasteiger partial charge in [-0.2, -0.15) is 0 Å². The molecule has 9 N–H and O–H groups in total. The minimum Gasteiger partial charge on any atom is -0.481 e. The number of carbonyl (C=O) groups excluding carboxylic acids is 1. The van der Waals surface area contributed by atoms with E-state index in [-0.39, 0.29) is 24.2 Å². The number of ether oxygens (including phenoxy) is 1. The van der Waals surface area contributed by atoms with E-state index in [4.69, 9.17) is 9.84 Å². The molecule has 0 saturated heterocycles. The summed E-state index contributed by atoms with van der Waals surface area (Å²) < 4.78 is 5.42. The highest BCUT2D eigenvalue weighted by Crippen LogP contribution is 2.75. The maximum atomic E-state index is 13.0. The van der Waals surface area contributed by atoms with E-state index in [1.807, 2.05) is 6.92 Å². The van der Waals surface area contributed by atoms with E-state index in [1.165, 1.54) is 5.57 Å². The highest BCUT2D eigenvalue weighted by atomic mass is 16.6. The van der Waals surface area contributed by atoms with E-state index in [1.54, 1.807) is 6.92 Å². The molecule has 0 aromatic rings. The Hall–Kier alpha value is -1.64. The molecule has 0 bridgehead atoms. The van der Waals surface area contributed by atoms with Crippen LogP contribution < -0.4 is 0 Å². The lowest BCUT2D eigenvalue weighted by molar-refractivity contribution is -0.275. The van der Waals surface area contributed by atoms with Gasteiger partial charge in [-0.25, -0.2) is 4.79 Å². The zero-order chi connectivity index (χ0) is 35.9. The van der Waals surface area contributed by atoms with Crippen LogP contribution >= 0.6 is 0 Å². The van der Waals surface area contributed by atoms with Gasteiger partial charge in [0.1, 0.15) is 18.3 Å². The number of aliphatic hydroxyl groups is 8. The first-order valence-corrected chi connectivity index (χ1v) is 17.7. The summed E-state index contributed by atoms with van der Waals surface area (Å²) in [6.07, 6.45) is -5.85. The molecule has 0 aromatic carbocycles. The van der Waals surface area contributed by atoms with Crippen molar-refractivity contribution in [3.63, 3.8) is 0 Å². The fourth-order valence-electron chi connectivity index (χ4n) is 12.1. The normalized spacial score (nSPS) is 49.5. The second kappa shape index (κ2) is 12.5. The van der Waals surface area contributed by atoms with Gasteiger partial charge >= 0.3 is 11.9 Å². The number of esters is 1. The van der Waals surface area contributed by atoms with Crippen molar-refractivity contribution in [3.05, 3.63) is 11.6 Å². The van der Waals surface area contributed by atoms with Crippen LogP contribution in [0.3, 0.4) is 0 Å². The summed E-state index contributed by atoms with van der Waals surface area (Å²) in [6.45, 7) is 11.0. The summed E-state index contributed by atoms with van der Waals surface area (Å²) >= 11 is 0. The molecule has 0 aliphatic heterocycles. The molecule has 0 radical (unpaired) electrons. The molecule has 12 nitrogen and oxygen atoms in total. The highest BCUT2D eigenvalue weighted by molar-refractivity contribution is 5.77. The third-order valence-corrected chi connectivity index (χ3v) is 15.1. The van der Waals surface area contributed by atoms with Crippen molar-refractivity contribution in [1.82, 2.24) is 0 Å². The van der Waals surface area contributed by atoms with Gasteiger partial charge in [0.2, 0.25) is 0 Å². The van der Waals surface area contributed by atoms with E-state index in [9.17, 15) is 50.4 Å². The smallest absolute Gasteiger partial charge is 0.337 e. The number of hydrogen-bond donors (Lipinski definition) is 9. The lowest BCUT2D eigenvalue weighted by Gasteiger charge is -2.72. The number of aliphatic carboxylic acids is 1. The molecule has 0 heterocycles. The highest BCUT2D eigenvalue weighted by Gasteiger charge is 2.73. The van der Waals surface area contributed by atoms with Crippen molar-refractivity contribution in [3.8, 4) is 0 Å². The Morgan fingerprint density at radius 2 is 1.58 bits per heavy atom. The molecule has 17 unspecified atom stereocenters. The topological polar surface area (TPSA) is 225 Å². The minimum atomic E-state index is -2.28. The van der Waals surface area contributed by atoms with E-state index >= 15 is 0 Å². The first-order valence-electron chi connectivity index (χ1n) is 17.7.